The molecule has 2 N–H and O–H groups in total. The average Bonchev–Trinajstić information content (AvgIpc) is 2.88. The molecule has 1 aromatic rings. The van der Waals surface area contributed by atoms with Crippen LogP contribution >= 0.6 is 0 Å². The van der Waals surface area contributed by atoms with Crippen LogP contribution in [0.1, 0.15) is 49.7 Å². The van der Waals surface area contributed by atoms with E-state index >= 15 is 0 Å². The van der Waals surface area contributed by atoms with E-state index in [-0.39, 0.29) is 5.54 Å². The Morgan fingerprint density at radius 1 is 1.11 bits per heavy atom. The van der Waals surface area contributed by atoms with Crippen LogP contribution in [-0.2, 0) is 5.54 Å². The van der Waals surface area contributed by atoms with Crippen LogP contribution in [0.3, 0.4) is 0 Å². The zero-order chi connectivity index (χ0) is 12.4. The van der Waals surface area contributed by atoms with Crippen molar-refractivity contribution in [2.75, 3.05) is 19.6 Å². The Kier molecular flexibility index (Phi) is 3.40. The maximum atomic E-state index is 3.71. The SMILES string of the molecule is CC1(c2ccccc2C2CCNCC2)CCCN1. The molecule has 0 bridgehead atoms. The van der Waals surface area contributed by atoms with Crippen molar-refractivity contribution < 1.29 is 0 Å². The molecule has 0 saturated carbocycles. The first kappa shape index (κ1) is 12.2. The van der Waals surface area contributed by atoms with E-state index in [2.05, 4.69) is 41.8 Å². The Labute approximate surface area is 110 Å². The van der Waals surface area contributed by atoms with Crippen LogP contribution in [-0.4, -0.2) is 19.6 Å². The fraction of sp³-hybridized carbons (Fsp3) is 0.625. The smallest absolute Gasteiger partial charge is 0.0409 e. The largest absolute Gasteiger partial charge is 0.317 e. The molecule has 2 saturated heterocycles. The highest BCUT2D eigenvalue weighted by Gasteiger charge is 2.33. The van der Waals surface area contributed by atoms with Crippen LogP contribution in [0.25, 0.3) is 0 Å². The summed E-state index contributed by atoms with van der Waals surface area (Å²) in [6.07, 6.45) is 5.15. The van der Waals surface area contributed by atoms with E-state index in [4.69, 9.17) is 0 Å². The zero-order valence-electron chi connectivity index (χ0n) is 11.3. The van der Waals surface area contributed by atoms with E-state index in [0.717, 1.165) is 12.5 Å². The van der Waals surface area contributed by atoms with Crippen molar-refractivity contribution in [1.29, 1.82) is 0 Å². The van der Waals surface area contributed by atoms with E-state index < -0.39 is 0 Å². The molecule has 2 aliphatic rings. The van der Waals surface area contributed by atoms with E-state index in [9.17, 15) is 0 Å². The maximum absolute atomic E-state index is 3.71. The summed E-state index contributed by atoms with van der Waals surface area (Å²) >= 11 is 0. The van der Waals surface area contributed by atoms with Gasteiger partial charge in [0.05, 0.1) is 0 Å². The topological polar surface area (TPSA) is 24.1 Å². The van der Waals surface area contributed by atoms with Gasteiger partial charge >= 0.3 is 0 Å². The maximum Gasteiger partial charge on any atom is 0.0409 e. The second kappa shape index (κ2) is 5.02. The third kappa shape index (κ3) is 2.19. The Hall–Kier alpha value is -0.860. The quantitative estimate of drug-likeness (QED) is 0.836. The van der Waals surface area contributed by atoms with Crippen LogP contribution in [0.4, 0.5) is 0 Å². The predicted octanol–water partition coefficient (Wildman–Crippen LogP) is 2.75. The Morgan fingerprint density at radius 2 is 1.89 bits per heavy atom. The fourth-order valence-corrected chi connectivity index (χ4v) is 3.61. The van der Waals surface area contributed by atoms with Gasteiger partial charge in [0.2, 0.25) is 0 Å². The minimum absolute atomic E-state index is 0.210. The van der Waals surface area contributed by atoms with Crippen LogP contribution in [0.2, 0.25) is 0 Å². The normalized spacial score (nSPS) is 29.6. The highest BCUT2D eigenvalue weighted by atomic mass is 15.0. The number of benzene rings is 1. The van der Waals surface area contributed by atoms with Crippen molar-refractivity contribution in [3.63, 3.8) is 0 Å². The first-order valence-electron chi connectivity index (χ1n) is 7.35. The van der Waals surface area contributed by atoms with Crippen molar-refractivity contribution in [2.45, 2.75) is 44.1 Å². The summed E-state index contributed by atoms with van der Waals surface area (Å²) in [6.45, 7) is 5.88. The molecule has 0 aromatic heterocycles. The second-order valence-corrected chi connectivity index (χ2v) is 5.97. The van der Waals surface area contributed by atoms with Crippen LogP contribution in [0, 0.1) is 0 Å². The van der Waals surface area contributed by atoms with Crippen molar-refractivity contribution in [1.82, 2.24) is 10.6 Å². The van der Waals surface area contributed by atoms with Gasteiger partial charge < -0.3 is 10.6 Å². The minimum Gasteiger partial charge on any atom is -0.317 e. The highest BCUT2D eigenvalue weighted by Crippen LogP contribution is 2.37. The Morgan fingerprint density at radius 3 is 2.61 bits per heavy atom. The average molecular weight is 244 g/mol. The van der Waals surface area contributed by atoms with Gasteiger partial charge in [-0.2, -0.15) is 0 Å². The molecule has 3 rings (SSSR count). The molecule has 1 atom stereocenters. The molecule has 2 heteroatoms. The number of piperidine rings is 1. The standard InChI is InChI=1S/C16H24N2/c1-16(9-4-10-18-16)15-6-3-2-5-14(15)13-7-11-17-12-8-13/h2-3,5-6,13,17-18H,4,7-12H2,1H3. The van der Waals surface area contributed by atoms with Crippen molar-refractivity contribution in [3.05, 3.63) is 35.4 Å². The first-order chi connectivity index (χ1) is 8.80. The molecule has 2 nitrogen and oxygen atoms in total. The van der Waals surface area contributed by atoms with Gasteiger partial charge in [0.1, 0.15) is 0 Å². The molecule has 0 radical (unpaired) electrons. The van der Waals surface area contributed by atoms with Gasteiger partial charge in [-0.05, 0) is 69.3 Å². The number of hydrogen-bond donors (Lipinski definition) is 2. The van der Waals surface area contributed by atoms with Crippen LogP contribution in [0.5, 0.6) is 0 Å². The van der Waals surface area contributed by atoms with Crippen LogP contribution in [0.15, 0.2) is 24.3 Å². The van der Waals surface area contributed by atoms with E-state index in [0.29, 0.717) is 0 Å². The molecule has 0 amide bonds. The Bertz CT molecular complexity index is 401. The van der Waals surface area contributed by atoms with E-state index in [1.807, 2.05) is 0 Å². The van der Waals surface area contributed by atoms with Gasteiger partial charge in [0.15, 0.2) is 0 Å². The lowest BCUT2D eigenvalue weighted by atomic mass is 9.79. The number of hydrogen-bond acceptors (Lipinski definition) is 2. The molecule has 2 aliphatic heterocycles. The molecular formula is C16H24N2. The van der Waals surface area contributed by atoms with Crippen LogP contribution < -0.4 is 10.6 Å². The summed E-state index contributed by atoms with van der Waals surface area (Å²) in [5, 5.41) is 7.18. The molecular weight excluding hydrogens is 220 g/mol. The van der Waals surface area contributed by atoms with Gasteiger partial charge in [0.25, 0.3) is 0 Å². The summed E-state index contributed by atoms with van der Waals surface area (Å²) in [5.74, 6) is 0.752. The van der Waals surface area contributed by atoms with E-state index in [1.54, 1.807) is 11.1 Å². The Balaban J connectivity index is 1.93. The lowest BCUT2D eigenvalue weighted by molar-refractivity contribution is 0.410. The molecule has 2 fully saturated rings. The first-order valence-corrected chi connectivity index (χ1v) is 7.35. The van der Waals surface area contributed by atoms with Gasteiger partial charge in [-0.1, -0.05) is 24.3 Å². The third-order valence-corrected chi connectivity index (χ3v) is 4.70. The monoisotopic (exact) mass is 244 g/mol. The van der Waals surface area contributed by atoms with Crippen molar-refractivity contribution in [3.8, 4) is 0 Å². The summed E-state index contributed by atoms with van der Waals surface area (Å²) in [4.78, 5) is 0. The summed E-state index contributed by atoms with van der Waals surface area (Å²) in [5.41, 5.74) is 3.35. The van der Waals surface area contributed by atoms with Crippen molar-refractivity contribution >= 4 is 0 Å². The lowest BCUT2D eigenvalue weighted by Gasteiger charge is -2.32. The zero-order valence-corrected chi connectivity index (χ0v) is 11.3. The summed E-state index contributed by atoms with van der Waals surface area (Å²) in [6, 6.07) is 9.11. The molecule has 98 valence electrons. The molecule has 2 heterocycles. The van der Waals surface area contributed by atoms with E-state index in [1.165, 1.54) is 38.8 Å². The summed E-state index contributed by atoms with van der Waals surface area (Å²) in [7, 11) is 0. The van der Waals surface area contributed by atoms with Gasteiger partial charge in [-0.25, -0.2) is 0 Å². The number of nitrogens with one attached hydrogen (secondary N) is 2. The van der Waals surface area contributed by atoms with Crippen molar-refractivity contribution in [2.24, 2.45) is 0 Å². The number of rotatable bonds is 2. The van der Waals surface area contributed by atoms with Gasteiger partial charge in [-0.3, -0.25) is 0 Å². The molecule has 18 heavy (non-hydrogen) atoms. The summed E-state index contributed by atoms with van der Waals surface area (Å²) < 4.78 is 0. The molecule has 1 aromatic carbocycles. The van der Waals surface area contributed by atoms with Gasteiger partial charge in [0, 0.05) is 5.54 Å². The third-order valence-electron chi connectivity index (χ3n) is 4.70. The molecule has 0 spiro atoms. The lowest BCUT2D eigenvalue weighted by Crippen LogP contribution is -2.35. The fourth-order valence-electron chi connectivity index (χ4n) is 3.61. The molecule has 1 unspecified atom stereocenters. The molecule has 0 aliphatic carbocycles. The second-order valence-electron chi connectivity index (χ2n) is 5.97. The predicted molar refractivity (Wildman–Crippen MR) is 75.9 cm³/mol. The van der Waals surface area contributed by atoms with Gasteiger partial charge in [-0.15, -0.1) is 0 Å². The highest BCUT2D eigenvalue weighted by molar-refractivity contribution is 5.37. The minimum atomic E-state index is 0.210.